The number of aromatic amines is 5. The standard InChI is InChI=1S/C49H54N6O13/c1-22-15-30-16-35-23(2)31(11-13-42(59)63-9)38(51-35)19-39-32(12-14-43(60)64-10)24(3)36(52-39)18-37-26(5)44(40(53-37)17-34(22)50-30)25(4)33-20-55(49(62)54-47(33)61)48-46(67-29(8)58)45(66-28(7)57)41(68-48)21-65-27(6)56/h15-20,41,45-46,48,50-53H,4,11-14,21H2,1-3,5-10H3,(H,54,61,62)/t41-,45?,46+,48-/m1/s1. The summed E-state index contributed by atoms with van der Waals surface area (Å²) in [5.41, 5.74) is 6.90. The van der Waals surface area contributed by atoms with E-state index in [1.165, 1.54) is 27.3 Å². The molecule has 2 aliphatic rings. The van der Waals surface area contributed by atoms with Gasteiger partial charge >= 0.3 is 35.5 Å². The number of fused-ring (bicyclic) bond motifs is 8. The summed E-state index contributed by atoms with van der Waals surface area (Å²) in [5.74, 6) is -2.90. The maximum Gasteiger partial charge on any atom is 0.330 e. The molecular formula is C49H54N6O13. The van der Waals surface area contributed by atoms with Gasteiger partial charge in [0, 0.05) is 89.5 Å². The van der Waals surface area contributed by atoms with Gasteiger partial charge in [0.1, 0.15) is 12.7 Å². The summed E-state index contributed by atoms with van der Waals surface area (Å²) < 4.78 is 33.4. The molecule has 0 radical (unpaired) electrons. The van der Waals surface area contributed by atoms with Crippen molar-refractivity contribution >= 4 is 59.7 Å². The summed E-state index contributed by atoms with van der Waals surface area (Å²) >= 11 is 0. The highest BCUT2D eigenvalue weighted by atomic mass is 16.7. The van der Waals surface area contributed by atoms with Crippen LogP contribution in [0, 0.1) is 27.7 Å². The Bertz CT molecular complexity index is 3260. The molecular weight excluding hydrogens is 881 g/mol. The molecule has 2 aliphatic heterocycles. The first-order valence-corrected chi connectivity index (χ1v) is 21.8. The number of aromatic nitrogens is 6. The number of hydrogen-bond donors (Lipinski definition) is 5. The zero-order chi connectivity index (χ0) is 49.3. The first-order chi connectivity index (χ1) is 32.3. The Morgan fingerprint density at radius 2 is 1.28 bits per heavy atom. The van der Waals surface area contributed by atoms with Gasteiger partial charge in [-0.3, -0.25) is 38.3 Å². The summed E-state index contributed by atoms with van der Waals surface area (Å²) in [6.07, 6.45) is 4.73. The first-order valence-electron chi connectivity index (χ1n) is 21.8. The minimum atomic E-state index is -1.46. The highest BCUT2D eigenvalue weighted by molar-refractivity contribution is 5.85. The molecule has 1 saturated heterocycles. The van der Waals surface area contributed by atoms with E-state index in [2.05, 4.69) is 31.5 Å². The van der Waals surface area contributed by atoms with Crippen LogP contribution in [-0.4, -0.2) is 98.5 Å². The third kappa shape index (κ3) is 9.88. The maximum absolute atomic E-state index is 13.9. The van der Waals surface area contributed by atoms with E-state index in [9.17, 15) is 33.6 Å². The van der Waals surface area contributed by atoms with Crippen molar-refractivity contribution in [3.8, 4) is 0 Å². The highest BCUT2D eigenvalue weighted by Crippen LogP contribution is 2.35. The number of esters is 5. The average molecular weight is 935 g/mol. The zero-order valence-electron chi connectivity index (χ0n) is 39.3. The number of carbonyl (C=O) groups excluding carboxylic acids is 5. The van der Waals surface area contributed by atoms with Crippen molar-refractivity contribution in [1.29, 1.82) is 0 Å². The minimum Gasteiger partial charge on any atom is -0.469 e. The number of methoxy groups -OCH3 is 2. The van der Waals surface area contributed by atoms with Gasteiger partial charge in [-0.25, -0.2) is 4.79 Å². The second-order valence-electron chi connectivity index (χ2n) is 16.8. The van der Waals surface area contributed by atoms with E-state index in [0.717, 1.165) is 73.7 Å². The van der Waals surface area contributed by atoms with Gasteiger partial charge in [0.05, 0.1) is 19.8 Å². The number of H-pyrrole nitrogens is 5. The largest absolute Gasteiger partial charge is 0.469 e. The Labute approximate surface area is 388 Å². The molecule has 7 heterocycles. The first kappa shape index (κ1) is 48.3. The highest BCUT2D eigenvalue weighted by Gasteiger charge is 2.51. The monoisotopic (exact) mass is 934 g/mol. The van der Waals surface area contributed by atoms with Crippen LogP contribution in [-0.2, 0) is 65.2 Å². The van der Waals surface area contributed by atoms with Crippen LogP contribution in [0.4, 0.5) is 0 Å². The van der Waals surface area contributed by atoms with Crippen molar-refractivity contribution in [2.45, 2.75) is 98.7 Å². The van der Waals surface area contributed by atoms with Crippen molar-refractivity contribution in [1.82, 2.24) is 29.5 Å². The SMILES string of the molecule is C=C(c1c2[nH]c(c1C)C=c1[nH]c(c(CCC(=O)OC)c1C)=Cc1[nH]c(c(C)c1CCC(=O)OC)C=c1cc(C)c([nH]1)=C2)c1cn([C@@H]2O[C@H](COC(C)=O)C(OC(C)=O)[C@@H]2OC(C)=O)c(=O)[nH]c1=O. The van der Waals surface area contributed by atoms with Crippen molar-refractivity contribution in [3.05, 3.63) is 128 Å². The van der Waals surface area contributed by atoms with Crippen LogP contribution in [0.25, 0.3) is 29.9 Å². The lowest BCUT2D eigenvalue weighted by Crippen LogP contribution is -2.42. The summed E-state index contributed by atoms with van der Waals surface area (Å²) in [4.78, 5) is 105. The van der Waals surface area contributed by atoms with Crippen LogP contribution in [0.5, 0.6) is 0 Å². The fourth-order valence-electron chi connectivity index (χ4n) is 8.83. The van der Waals surface area contributed by atoms with E-state index in [1.807, 2.05) is 58.1 Å². The van der Waals surface area contributed by atoms with Crippen LogP contribution in [0.2, 0.25) is 0 Å². The predicted molar refractivity (Wildman–Crippen MR) is 247 cm³/mol. The van der Waals surface area contributed by atoms with E-state index < -0.39 is 60.3 Å². The summed E-state index contributed by atoms with van der Waals surface area (Å²) in [6.45, 7) is 15.2. The number of aryl methyl sites for hydroxylation is 1. The van der Waals surface area contributed by atoms with Gasteiger partial charge in [0.15, 0.2) is 18.4 Å². The van der Waals surface area contributed by atoms with Crippen LogP contribution in [0.1, 0.15) is 107 Å². The fourth-order valence-corrected chi connectivity index (χ4v) is 8.83. The summed E-state index contributed by atoms with van der Waals surface area (Å²) in [5, 5.41) is 2.95. The molecule has 8 bridgehead atoms. The molecule has 5 aromatic rings. The quantitative estimate of drug-likeness (QED) is 0.0810. The number of rotatable bonds is 13. The molecule has 1 unspecified atom stereocenters. The van der Waals surface area contributed by atoms with Crippen LogP contribution >= 0.6 is 0 Å². The lowest BCUT2D eigenvalue weighted by atomic mass is 9.97. The molecule has 5 N–H and O–H groups in total. The molecule has 5 aromatic heterocycles. The van der Waals surface area contributed by atoms with E-state index in [1.54, 1.807) is 0 Å². The van der Waals surface area contributed by atoms with E-state index in [4.69, 9.17) is 28.4 Å². The van der Waals surface area contributed by atoms with Gasteiger partial charge in [-0.1, -0.05) is 6.58 Å². The van der Waals surface area contributed by atoms with Crippen LogP contribution in [0.3, 0.4) is 0 Å². The Morgan fingerprint density at radius 3 is 1.93 bits per heavy atom. The number of nitrogens with zero attached hydrogens (tertiary/aromatic N) is 1. The third-order valence-corrected chi connectivity index (χ3v) is 12.3. The molecule has 0 spiro atoms. The maximum atomic E-state index is 13.9. The van der Waals surface area contributed by atoms with E-state index in [-0.39, 0.29) is 35.9 Å². The third-order valence-electron chi connectivity index (χ3n) is 12.3. The van der Waals surface area contributed by atoms with Gasteiger partial charge in [-0.05, 0) is 110 Å². The predicted octanol–water partition coefficient (Wildman–Crippen LogP) is 1.31. The van der Waals surface area contributed by atoms with Crippen molar-refractivity contribution in [3.63, 3.8) is 0 Å². The number of nitrogens with one attached hydrogen (secondary N) is 5. The normalized spacial score (nSPS) is 17.2. The molecule has 4 atom stereocenters. The zero-order valence-corrected chi connectivity index (χ0v) is 39.3. The number of carbonyl (C=O) groups is 5. The Morgan fingerprint density at radius 1 is 0.676 bits per heavy atom. The second-order valence-corrected chi connectivity index (χ2v) is 16.8. The van der Waals surface area contributed by atoms with Gasteiger partial charge < -0.3 is 48.4 Å². The van der Waals surface area contributed by atoms with Crippen LogP contribution in [0.15, 0.2) is 28.4 Å². The second kappa shape index (κ2) is 19.7. The van der Waals surface area contributed by atoms with Gasteiger partial charge in [0.2, 0.25) is 0 Å². The van der Waals surface area contributed by atoms with Crippen molar-refractivity contribution < 1.29 is 52.4 Å². The molecule has 0 aliphatic carbocycles. The molecule has 19 heteroatoms. The Hall–Kier alpha value is -7.67. The lowest BCUT2D eigenvalue weighted by Gasteiger charge is -2.24. The molecule has 68 heavy (non-hydrogen) atoms. The molecule has 358 valence electrons. The topological polar surface area (TPSA) is 259 Å². The molecule has 1 fully saturated rings. The number of ether oxygens (including phenoxy) is 6. The smallest absolute Gasteiger partial charge is 0.330 e. The Kier molecular flexibility index (Phi) is 14.0. The van der Waals surface area contributed by atoms with Gasteiger partial charge in [0.25, 0.3) is 5.56 Å². The summed E-state index contributed by atoms with van der Waals surface area (Å²) in [6, 6.07) is 1.99. The molecule has 0 aromatic carbocycles. The molecule has 19 nitrogen and oxygen atoms in total. The van der Waals surface area contributed by atoms with Crippen molar-refractivity contribution in [2.24, 2.45) is 0 Å². The van der Waals surface area contributed by atoms with Gasteiger partial charge in [-0.2, -0.15) is 0 Å². The average Bonchev–Trinajstić information content (AvgIpc) is 4.04. The van der Waals surface area contributed by atoms with E-state index >= 15 is 0 Å². The van der Waals surface area contributed by atoms with Gasteiger partial charge in [-0.15, -0.1) is 0 Å². The van der Waals surface area contributed by atoms with E-state index in [0.29, 0.717) is 40.7 Å². The molecule has 0 saturated carbocycles. The Balaban J connectivity index is 1.43. The number of hydrogen-bond acceptors (Lipinski definition) is 13. The van der Waals surface area contributed by atoms with Crippen LogP contribution < -0.4 is 32.6 Å². The summed E-state index contributed by atoms with van der Waals surface area (Å²) in [7, 11) is 2.70. The fraction of sp³-hybridized carbons (Fsp3) is 0.367. The van der Waals surface area contributed by atoms with Crippen molar-refractivity contribution in [2.75, 3.05) is 20.8 Å². The molecule has 0 amide bonds. The molecule has 7 rings (SSSR count). The minimum absolute atomic E-state index is 0.0486. The lowest BCUT2D eigenvalue weighted by molar-refractivity contribution is -0.166.